The summed E-state index contributed by atoms with van der Waals surface area (Å²) in [6, 6.07) is 0. The Bertz CT molecular complexity index is 283. The van der Waals surface area contributed by atoms with Gasteiger partial charge in [-0.15, -0.1) is 11.8 Å². The van der Waals surface area contributed by atoms with Crippen molar-refractivity contribution in [3.05, 3.63) is 22.6 Å². The molecule has 1 atom stereocenters. The lowest BCUT2D eigenvalue weighted by atomic mass is 9.84. The number of alkyl halides is 1. The molecule has 1 aliphatic carbocycles. The fourth-order valence-electron chi connectivity index (χ4n) is 1.52. The first-order valence-electron chi connectivity index (χ1n) is 4.23. The molecule has 0 aromatic rings. The van der Waals surface area contributed by atoms with E-state index in [1.165, 1.54) is 5.57 Å². The second-order valence-electron chi connectivity index (χ2n) is 4.43. The maximum atomic E-state index is 3.75. The van der Waals surface area contributed by atoms with E-state index in [-0.39, 0.29) is 0 Å². The molecule has 2 heteroatoms. The van der Waals surface area contributed by atoms with Crippen LogP contribution in [0.5, 0.6) is 0 Å². The van der Waals surface area contributed by atoms with Crippen LogP contribution in [0.4, 0.5) is 0 Å². The molecule has 0 aromatic carbocycles. The Balaban J connectivity index is 2.39. The lowest BCUT2D eigenvalue weighted by Gasteiger charge is -2.22. The molecule has 1 saturated heterocycles. The zero-order valence-electron chi connectivity index (χ0n) is 7.65. The van der Waals surface area contributed by atoms with Crippen LogP contribution < -0.4 is 0 Å². The van der Waals surface area contributed by atoms with Crippen LogP contribution in [-0.2, 0) is 0 Å². The van der Waals surface area contributed by atoms with Crippen molar-refractivity contribution in [3.63, 3.8) is 0 Å². The standard InChI is InChI=1S/C10H13BrS/c1-9(2,3)7-5-4-6-10(11)8(7)12-10/h4-5H,6H2,1-3H3. The summed E-state index contributed by atoms with van der Waals surface area (Å²) >= 11 is 5.72. The van der Waals surface area contributed by atoms with Gasteiger partial charge in [0, 0.05) is 4.91 Å². The van der Waals surface area contributed by atoms with Crippen LogP contribution in [0.1, 0.15) is 27.2 Å². The second kappa shape index (κ2) is 2.42. The number of hydrogen-bond acceptors (Lipinski definition) is 1. The average molecular weight is 245 g/mol. The van der Waals surface area contributed by atoms with E-state index in [0.29, 0.717) is 9.07 Å². The Kier molecular flexibility index (Phi) is 1.79. The molecule has 1 unspecified atom stereocenters. The highest BCUT2D eigenvalue weighted by Crippen LogP contribution is 2.69. The van der Waals surface area contributed by atoms with Gasteiger partial charge in [-0.1, -0.05) is 48.9 Å². The highest BCUT2D eigenvalue weighted by Gasteiger charge is 2.51. The minimum Gasteiger partial charge on any atom is -0.104 e. The van der Waals surface area contributed by atoms with Crippen molar-refractivity contribution in [2.45, 2.75) is 30.8 Å². The average Bonchev–Trinajstić information content (AvgIpc) is 2.56. The second-order valence-corrected chi connectivity index (χ2v) is 7.62. The molecule has 0 bridgehead atoms. The summed E-state index contributed by atoms with van der Waals surface area (Å²) in [6.45, 7) is 6.83. The molecule has 66 valence electrons. The van der Waals surface area contributed by atoms with Gasteiger partial charge in [0.25, 0.3) is 0 Å². The van der Waals surface area contributed by atoms with Crippen LogP contribution in [0.3, 0.4) is 0 Å². The number of halogens is 1. The third-order valence-corrected chi connectivity index (χ3v) is 5.01. The summed E-state index contributed by atoms with van der Waals surface area (Å²) in [6.07, 6.45) is 5.71. The quantitative estimate of drug-likeness (QED) is 0.457. The van der Waals surface area contributed by atoms with Crippen molar-refractivity contribution >= 4 is 27.7 Å². The van der Waals surface area contributed by atoms with Gasteiger partial charge in [-0.25, -0.2) is 0 Å². The third-order valence-electron chi connectivity index (χ3n) is 2.28. The minimum atomic E-state index is 0.296. The van der Waals surface area contributed by atoms with Gasteiger partial charge in [0.05, 0.1) is 0 Å². The van der Waals surface area contributed by atoms with Gasteiger partial charge < -0.3 is 0 Å². The van der Waals surface area contributed by atoms with E-state index in [2.05, 4.69) is 48.9 Å². The summed E-state index contributed by atoms with van der Waals surface area (Å²) in [4.78, 5) is 1.55. The lowest BCUT2D eigenvalue weighted by Crippen LogP contribution is -2.11. The topological polar surface area (TPSA) is 0 Å². The van der Waals surface area contributed by atoms with Crippen LogP contribution in [0.2, 0.25) is 0 Å². The monoisotopic (exact) mass is 244 g/mol. The van der Waals surface area contributed by atoms with E-state index < -0.39 is 0 Å². The molecule has 0 saturated carbocycles. The van der Waals surface area contributed by atoms with Crippen molar-refractivity contribution in [1.29, 1.82) is 0 Å². The van der Waals surface area contributed by atoms with Crippen molar-refractivity contribution in [3.8, 4) is 0 Å². The predicted octanol–water partition coefficient (Wildman–Crippen LogP) is 4.08. The summed E-state index contributed by atoms with van der Waals surface area (Å²) in [5, 5.41) is 0. The largest absolute Gasteiger partial charge is 0.110 e. The van der Waals surface area contributed by atoms with E-state index in [4.69, 9.17) is 0 Å². The van der Waals surface area contributed by atoms with Crippen LogP contribution in [0, 0.1) is 5.41 Å². The Morgan fingerprint density at radius 1 is 1.50 bits per heavy atom. The first kappa shape index (κ1) is 8.89. The maximum absolute atomic E-state index is 3.75. The fraction of sp³-hybridized carbons (Fsp3) is 0.600. The Hall–Kier alpha value is 0.310. The number of fused-ring (bicyclic) bond motifs is 1. The predicted molar refractivity (Wildman–Crippen MR) is 59.5 cm³/mol. The minimum absolute atomic E-state index is 0.296. The van der Waals surface area contributed by atoms with E-state index >= 15 is 0 Å². The number of rotatable bonds is 0. The van der Waals surface area contributed by atoms with Crippen LogP contribution in [0.15, 0.2) is 22.6 Å². The highest BCUT2D eigenvalue weighted by atomic mass is 79.9. The number of thioether (sulfide) groups is 1. The zero-order chi connectivity index (χ0) is 8.98. The SMILES string of the molecule is CC(C)(C)C1=C2SC2(Br)CC=C1. The molecule has 0 N–H and O–H groups in total. The van der Waals surface area contributed by atoms with Crippen molar-refractivity contribution in [1.82, 2.24) is 0 Å². The molecule has 12 heavy (non-hydrogen) atoms. The zero-order valence-corrected chi connectivity index (χ0v) is 10.1. The molecule has 0 aromatic heterocycles. The molecule has 2 rings (SSSR count). The molecule has 0 amide bonds. The van der Waals surface area contributed by atoms with Gasteiger partial charge in [-0.05, 0) is 17.4 Å². The van der Waals surface area contributed by atoms with Crippen LogP contribution in [-0.4, -0.2) is 3.66 Å². The van der Waals surface area contributed by atoms with Crippen LogP contribution >= 0.6 is 27.7 Å². The smallest absolute Gasteiger partial charge is 0.104 e. The van der Waals surface area contributed by atoms with Gasteiger partial charge in [0.15, 0.2) is 0 Å². The molecular weight excluding hydrogens is 232 g/mol. The van der Waals surface area contributed by atoms with Gasteiger partial charge in [-0.2, -0.15) is 0 Å². The maximum Gasteiger partial charge on any atom is 0.110 e. The highest BCUT2D eigenvalue weighted by molar-refractivity contribution is 9.13. The van der Waals surface area contributed by atoms with E-state index in [1.54, 1.807) is 4.91 Å². The van der Waals surface area contributed by atoms with Gasteiger partial charge >= 0.3 is 0 Å². The van der Waals surface area contributed by atoms with Gasteiger partial charge in [0.1, 0.15) is 3.66 Å². The molecular formula is C10H13BrS. The van der Waals surface area contributed by atoms with Crippen molar-refractivity contribution in [2.75, 3.05) is 0 Å². The summed E-state index contributed by atoms with van der Waals surface area (Å²) in [5.41, 5.74) is 1.81. The molecule has 2 aliphatic rings. The molecule has 0 nitrogen and oxygen atoms in total. The first-order valence-corrected chi connectivity index (χ1v) is 5.84. The summed E-state index contributed by atoms with van der Waals surface area (Å²) in [5.74, 6) is 0. The summed E-state index contributed by atoms with van der Waals surface area (Å²) in [7, 11) is 0. The number of allylic oxidation sites excluding steroid dienone is 3. The molecule has 1 fully saturated rings. The lowest BCUT2D eigenvalue weighted by molar-refractivity contribution is 0.513. The first-order chi connectivity index (χ1) is 5.43. The van der Waals surface area contributed by atoms with Crippen LogP contribution in [0.25, 0.3) is 0 Å². The molecule has 1 aliphatic heterocycles. The Morgan fingerprint density at radius 2 is 2.17 bits per heavy atom. The number of hydrogen-bond donors (Lipinski definition) is 0. The third kappa shape index (κ3) is 1.29. The van der Waals surface area contributed by atoms with E-state index in [1.807, 2.05) is 11.8 Å². The van der Waals surface area contributed by atoms with Gasteiger partial charge in [-0.3, -0.25) is 0 Å². The van der Waals surface area contributed by atoms with E-state index in [9.17, 15) is 0 Å². The van der Waals surface area contributed by atoms with Gasteiger partial charge in [0.2, 0.25) is 0 Å². The summed E-state index contributed by atoms with van der Waals surface area (Å²) < 4.78 is 0.296. The Labute approximate surface area is 86.6 Å². The molecule has 1 heterocycles. The van der Waals surface area contributed by atoms with Crippen molar-refractivity contribution < 1.29 is 0 Å². The fourth-order valence-corrected chi connectivity index (χ4v) is 3.54. The Morgan fingerprint density at radius 3 is 2.67 bits per heavy atom. The molecule has 0 spiro atoms. The molecule has 0 radical (unpaired) electrons. The van der Waals surface area contributed by atoms with E-state index in [0.717, 1.165) is 6.42 Å². The van der Waals surface area contributed by atoms with Crippen molar-refractivity contribution in [2.24, 2.45) is 5.41 Å². The normalized spacial score (nSPS) is 33.7.